The van der Waals surface area contributed by atoms with Gasteiger partial charge in [0, 0.05) is 6.04 Å². The lowest BCUT2D eigenvalue weighted by Gasteiger charge is -2.24. The Kier molecular flexibility index (Phi) is 3.22. The van der Waals surface area contributed by atoms with E-state index in [9.17, 15) is 8.42 Å². The molecule has 4 atom stereocenters. The van der Waals surface area contributed by atoms with Crippen molar-refractivity contribution in [2.45, 2.75) is 50.3 Å². The summed E-state index contributed by atoms with van der Waals surface area (Å²) in [5, 5.41) is 0. The Labute approximate surface area is 121 Å². The number of hydrogen-bond acceptors (Lipinski definition) is 2. The fraction of sp³-hybridized carbons (Fsp3) is 0.625. The summed E-state index contributed by atoms with van der Waals surface area (Å²) in [4.78, 5) is 0. The quantitative estimate of drug-likeness (QED) is 0.931. The van der Waals surface area contributed by atoms with Crippen molar-refractivity contribution in [3.8, 4) is 0 Å². The lowest BCUT2D eigenvalue weighted by atomic mass is 10.0. The van der Waals surface area contributed by atoms with Crippen LogP contribution in [-0.2, 0) is 10.0 Å². The van der Waals surface area contributed by atoms with Crippen LogP contribution in [-0.4, -0.2) is 19.2 Å². The van der Waals surface area contributed by atoms with E-state index < -0.39 is 14.8 Å². The van der Waals surface area contributed by atoms with E-state index in [-0.39, 0.29) is 6.04 Å². The van der Waals surface area contributed by atoms with Gasteiger partial charge in [0.15, 0.2) is 0 Å². The first-order chi connectivity index (χ1) is 9.31. The SMILES string of the molecule is CC(C)(C)S(=O)(=O)N[C@@H]1CC[C@H]2[C@H](c3ccccc3)[C@H]21. The van der Waals surface area contributed by atoms with E-state index in [4.69, 9.17) is 0 Å². The van der Waals surface area contributed by atoms with Crippen molar-refractivity contribution >= 4 is 10.0 Å². The van der Waals surface area contributed by atoms with E-state index in [1.807, 2.05) is 6.07 Å². The minimum absolute atomic E-state index is 0.120. The second-order valence-corrected chi connectivity index (χ2v) is 9.56. The van der Waals surface area contributed by atoms with Gasteiger partial charge in [-0.05, 0) is 56.9 Å². The number of nitrogens with one attached hydrogen (secondary N) is 1. The van der Waals surface area contributed by atoms with Crippen LogP contribution in [0.15, 0.2) is 30.3 Å². The number of hydrogen-bond donors (Lipinski definition) is 1. The summed E-state index contributed by atoms with van der Waals surface area (Å²) < 4.78 is 26.8. The van der Waals surface area contributed by atoms with Gasteiger partial charge in [-0.15, -0.1) is 0 Å². The Balaban J connectivity index is 1.73. The molecule has 1 aromatic rings. The molecule has 2 saturated carbocycles. The maximum absolute atomic E-state index is 12.3. The zero-order chi connectivity index (χ0) is 14.5. The van der Waals surface area contributed by atoms with Crippen molar-refractivity contribution in [2.75, 3.05) is 0 Å². The summed E-state index contributed by atoms with van der Waals surface area (Å²) in [5.74, 6) is 1.72. The van der Waals surface area contributed by atoms with Crippen molar-refractivity contribution in [1.82, 2.24) is 4.72 Å². The Morgan fingerprint density at radius 2 is 1.75 bits per heavy atom. The zero-order valence-electron chi connectivity index (χ0n) is 12.3. The second kappa shape index (κ2) is 4.57. The van der Waals surface area contributed by atoms with E-state index in [0.717, 1.165) is 12.8 Å². The molecular formula is C16H23NO2S. The maximum atomic E-state index is 12.3. The Bertz CT molecular complexity index is 589. The number of fused-ring (bicyclic) bond motifs is 1. The van der Waals surface area contributed by atoms with Crippen LogP contribution < -0.4 is 4.72 Å². The van der Waals surface area contributed by atoms with Crippen LogP contribution in [0.5, 0.6) is 0 Å². The smallest absolute Gasteiger partial charge is 0.212 e. The van der Waals surface area contributed by atoms with E-state index in [0.29, 0.717) is 17.8 Å². The molecule has 3 nitrogen and oxygen atoms in total. The number of sulfonamides is 1. The largest absolute Gasteiger partial charge is 0.216 e. The molecule has 1 aromatic carbocycles. The monoisotopic (exact) mass is 293 g/mol. The minimum atomic E-state index is -3.24. The lowest BCUT2D eigenvalue weighted by Crippen LogP contribution is -2.45. The van der Waals surface area contributed by atoms with Gasteiger partial charge >= 0.3 is 0 Å². The molecule has 0 aliphatic heterocycles. The minimum Gasteiger partial charge on any atom is -0.212 e. The lowest BCUT2D eigenvalue weighted by molar-refractivity contribution is 0.492. The molecule has 0 bridgehead atoms. The first-order valence-corrected chi connectivity index (χ1v) is 8.86. The molecule has 20 heavy (non-hydrogen) atoms. The van der Waals surface area contributed by atoms with Gasteiger partial charge < -0.3 is 0 Å². The maximum Gasteiger partial charge on any atom is 0.216 e. The third kappa shape index (κ3) is 2.29. The predicted octanol–water partition coefficient (Wildman–Crippen LogP) is 2.90. The third-order valence-corrected chi connectivity index (χ3v) is 7.03. The third-order valence-electron chi connectivity index (χ3n) is 4.80. The van der Waals surface area contributed by atoms with Gasteiger partial charge in [0.2, 0.25) is 10.0 Å². The number of benzene rings is 1. The average Bonchev–Trinajstić information content (AvgIpc) is 2.96. The van der Waals surface area contributed by atoms with Crippen molar-refractivity contribution < 1.29 is 8.42 Å². The van der Waals surface area contributed by atoms with Gasteiger partial charge in [-0.1, -0.05) is 30.3 Å². The second-order valence-electron chi connectivity index (χ2n) is 7.10. The van der Waals surface area contributed by atoms with E-state index in [1.165, 1.54) is 5.56 Å². The van der Waals surface area contributed by atoms with Gasteiger partial charge in [-0.25, -0.2) is 13.1 Å². The van der Waals surface area contributed by atoms with Gasteiger partial charge in [-0.2, -0.15) is 0 Å². The van der Waals surface area contributed by atoms with E-state index in [1.54, 1.807) is 20.8 Å². The van der Waals surface area contributed by atoms with E-state index in [2.05, 4.69) is 29.0 Å². The van der Waals surface area contributed by atoms with Crippen molar-refractivity contribution in [3.63, 3.8) is 0 Å². The first kappa shape index (κ1) is 14.1. The molecular weight excluding hydrogens is 270 g/mol. The standard InChI is InChI=1S/C16H23NO2S/c1-16(2,3)20(18,19)17-13-10-9-12-14(15(12)13)11-7-5-4-6-8-11/h4-8,12-15,17H,9-10H2,1-3H3/t12-,13+,14-,15+/m0/s1. The average molecular weight is 293 g/mol. The normalized spacial score (nSPS) is 33.0. The summed E-state index contributed by atoms with van der Waals surface area (Å²) in [6, 6.07) is 10.6. The molecule has 0 unspecified atom stereocenters. The highest BCUT2D eigenvalue weighted by molar-refractivity contribution is 7.90. The van der Waals surface area contributed by atoms with Gasteiger partial charge in [0.05, 0.1) is 4.75 Å². The number of rotatable bonds is 3. The first-order valence-electron chi connectivity index (χ1n) is 7.38. The van der Waals surface area contributed by atoms with Crippen LogP contribution in [0.3, 0.4) is 0 Å². The summed E-state index contributed by atoms with van der Waals surface area (Å²) in [7, 11) is -3.24. The fourth-order valence-corrected chi connectivity index (χ4v) is 4.57. The molecule has 2 aliphatic rings. The van der Waals surface area contributed by atoms with Crippen LogP contribution >= 0.6 is 0 Å². The van der Waals surface area contributed by atoms with Gasteiger partial charge in [-0.3, -0.25) is 0 Å². The molecule has 4 heteroatoms. The molecule has 0 amide bonds. The molecule has 110 valence electrons. The molecule has 0 saturated heterocycles. The van der Waals surface area contributed by atoms with Crippen LogP contribution in [0.1, 0.15) is 45.1 Å². The highest BCUT2D eigenvalue weighted by Gasteiger charge is 2.59. The molecule has 3 rings (SSSR count). The summed E-state index contributed by atoms with van der Waals surface area (Å²) in [5.41, 5.74) is 1.36. The van der Waals surface area contributed by atoms with Gasteiger partial charge in [0.1, 0.15) is 0 Å². The summed E-state index contributed by atoms with van der Waals surface area (Å²) in [6.07, 6.45) is 2.12. The molecule has 1 N–H and O–H groups in total. The molecule has 2 fully saturated rings. The highest BCUT2D eigenvalue weighted by atomic mass is 32.2. The predicted molar refractivity (Wildman–Crippen MR) is 81.0 cm³/mol. The zero-order valence-corrected chi connectivity index (χ0v) is 13.2. The Morgan fingerprint density at radius 3 is 2.35 bits per heavy atom. The highest BCUT2D eigenvalue weighted by Crippen LogP contribution is 2.63. The van der Waals surface area contributed by atoms with Crippen LogP contribution in [0, 0.1) is 11.8 Å². The van der Waals surface area contributed by atoms with Crippen molar-refractivity contribution in [2.24, 2.45) is 11.8 Å². The van der Waals surface area contributed by atoms with Crippen molar-refractivity contribution in [3.05, 3.63) is 35.9 Å². The fourth-order valence-electron chi connectivity index (χ4n) is 3.54. The Hall–Kier alpha value is -0.870. The molecule has 0 radical (unpaired) electrons. The summed E-state index contributed by atoms with van der Waals surface area (Å²) in [6.45, 7) is 5.26. The van der Waals surface area contributed by atoms with E-state index >= 15 is 0 Å². The summed E-state index contributed by atoms with van der Waals surface area (Å²) >= 11 is 0. The molecule has 2 aliphatic carbocycles. The van der Waals surface area contributed by atoms with Gasteiger partial charge in [0.25, 0.3) is 0 Å². The Morgan fingerprint density at radius 1 is 1.10 bits per heavy atom. The molecule has 0 heterocycles. The van der Waals surface area contributed by atoms with Crippen LogP contribution in [0.25, 0.3) is 0 Å². The molecule has 0 aromatic heterocycles. The topological polar surface area (TPSA) is 46.2 Å². The van der Waals surface area contributed by atoms with Crippen LogP contribution in [0.2, 0.25) is 0 Å². The molecule has 0 spiro atoms. The van der Waals surface area contributed by atoms with Crippen LogP contribution in [0.4, 0.5) is 0 Å². The van der Waals surface area contributed by atoms with Crippen molar-refractivity contribution in [1.29, 1.82) is 0 Å².